The highest BCUT2D eigenvalue weighted by atomic mass is 32.2. The number of carbonyl (C=O) groups is 1. The monoisotopic (exact) mass is 449 g/mol. The zero-order valence-electron chi connectivity index (χ0n) is 16.0. The molecule has 1 aromatic carbocycles. The zero-order chi connectivity index (χ0) is 21.2. The Kier molecular flexibility index (Phi) is 6.58. The van der Waals surface area contributed by atoms with E-state index in [1.807, 2.05) is 0 Å². The molecule has 0 saturated carbocycles. The number of carbonyl (C=O) groups excluding carboxylic acids is 1. The van der Waals surface area contributed by atoms with E-state index in [0.29, 0.717) is 25.9 Å². The van der Waals surface area contributed by atoms with Crippen LogP contribution < -0.4 is 5.32 Å². The van der Waals surface area contributed by atoms with Crippen molar-refractivity contribution in [2.45, 2.75) is 23.8 Å². The van der Waals surface area contributed by atoms with Crippen LogP contribution in [-0.4, -0.2) is 83.0 Å². The van der Waals surface area contributed by atoms with E-state index in [1.54, 1.807) is 0 Å². The molecule has 3 rings (SSSR count). The van der Waals surface area contributed by atoms with Crippen molar-refractivity contribution in [2.24, 2.45) is 0 Å². The normalized spacial score (nSPS) is 20.5. The van der Waals surface area contributed by atoms with Crippen LogP contribution in [0.15, 0.2) is 23.1 Å². The molecule has 0 aliphatic carbocycles. The zero-order valence-corrected chi connectivity index (χ0v) is 17.6. The topological polar surface area (TPSA) is 113 Å². The largest absolute Gasteiger partial charge is 0.379 e. The van der Waals surface area contributed by atoms with Crippen molar-refractivity contribution in [1.29, 1.82) is 0 Å². The van der Waals surface area contributed by atoms with Gasteiger partial charge in [0.15, 0.2) is 0 Å². The highest BCUT2D eigenvalue weighted by molar-refractivity contribution is 7.89. The van der Waals surface area contributed by atoms with Gasteiger partial charge in [0.05, 0.1) is 19.5 Å². The Morgan fingerprint density at radius 2 is 1.69 bits per heavy atom. The molecule has 0 aromatic heterocycles. The predicted octanol–water partition coefficient (Wildman–Crippen LogP) is 0.000400. The highest BCUT2D eigenvalue weighted by Crippen LogP contribution is 2.22. The Bertz CT molecular complexity index is 969. The molecule has 0 spiro atoms. The number of rotatable bonds is 5. The Morgan fingerprint density at radius 3 is 2.28 bits per heavy atom. The molecule has 0 radical (unpaired) electrons. The maximum absolute atomic E-state index is 14.3. The SMILES string of the molecule is CS(=O)(=O)N1CCC(NC(=O)c2ccc(F)c(S(=O)(=O)N3CCOCC3)c2)CC1. The van der Waals surface area contributed by atoms with Crippen molar-refractivity contribution >= 4 is 26.0 Å². The number of piperidine rings is 1. The summed E-state index contributed by atoms with van der Waals surface area (Å²) in [7, 11) is -7.35. The van der Waals surface area contributed by atoms with Gasteiger partial charge in [-0.05, 0) is 31.0 Å². The second-order valence-corrected chi connectivity index (χ2v) is 11.0. The number of benzene rings is 1. The summed E-state index contributed by atoms with van der Waals surface area (Å²) in [5.41, 5.74) is 0.0313. The molecule has 0 atom stereocenters. The summed E-state index contributed by atoms with van der Waals surface area (Å²) in [5.74, 6) is -1.45. The number of halogens is 1. The summed E-state index contributed by atoms with van der Waals surface area (Å²) >= 11 is 0. The van der Waals surface area contributed by atoms with Gasteiger partial charge in [-0.25, -0.2) is 25.5 Å². The summed E-state index contributed by atoms with van der Waals surface area (Å²) in [6, 6.07) is 2.99. The molecule has 2 saturated heterocycles. The maximum atomic E-state index is 14.3. The molecular weight excluding hydrogens is 425 g/mol. The van der Waals surface area contributed by atoms with Gasteiger partial charge >= 0.3 is 0 Å². The van der Waals surface area contributed by atoms with E-state index in [-0.39, 0.29) is 37.9 Å². The lowest BCUT2D eigenvalue weighted by Crippen LogP contribution is -2.46. The third-order valence-corrected chi connectivity index (χ3v) is 8.26. The van der Waals surface area contributed by atoms with Crippen LogP contribution in [0.1, 0.15) is 23.2 Å². The molecule has 1 aromatic rings. The van der Waals surface area contributed by atoms with Crippen LogP contribution in [0.3, 0.4) is 0 Å². The minimum absolute atomic E-state index is 0.0313. The van der Waals surface area contributed by atoms with E-state index in [9.17, 15) is 26.0 Å². The van der Waals surface area contributed by atoms with Crippen molar-refractivity contribution in [1.82, 2.24) is 13.9 Å². The van der Waals surface area contributed by atoms with Gasteiger partial charge in [-0.3, -0.25) is 4.79 Å². The first kappa shape index (κ1) is 22.1. The van der Waals surface area contributed by atoms with E-state index in [4.69, 9.17) is 4.74 Å². The molecule has 12 heteroatoms. The van der Waals surface area contributed by atoms with Gasteiger partial charge in [-0.2, -0.15) is 4.31 Å². The minimum Gasteiger partial charge on any atom is -0.379 e. The van der Waals surface area contributed by atoms with Crippen LogP contribution in [0.4, 0.5) is 4.39 Å². The minimum atomic E-state index is -4.08. The molecule has 29 heavy (non-hydrogen) atoms. The van der Waals surface area contributed by atoms with Gasteiger partial charge in [0, 0.05) is 37.8 Å². The molecule has 1 amide bonds. The van der Waals surface area contributed by atoms with Crippen molar-refractivity contribution in [3.63, 3.8) is 0 Å². The Balaban J connectivity index is 1.71. The van der Waals surface area contributed by atoms with Crippen LogP contribution in [0, 0.1) is 5.82 Å². The number of morpholine rings is 1. The molecule has 0 unspecified atom stereocenters. The summed E-state index contributed by atoms with van der Waals surface area (Å²) in [6.45, 7) is 1.29. The fraction of sp³-hybridized carbons (Fsp3) is 0.588. The summed E-state index contributed by atoms with van der Waals surface area (Å²) in [6.07, 6.45) is 2.03. The number of nitrogens with one attached hydrogen (secondary N) is 1. The standard InChI is InChI=1S/C17H24FN3O6S2/c1-28(23,24)20-6-4-14(5-7-20)19-17(22)13-2-3-15(18)16(12-13)29(25,26)21-8-10-27-11-9-21/h2-3,12,14H,4-11H2,1H3,(H,19,22). The first-order valence-corrected chi connectivity index (χ1v) is 12.5. The molecule has 9 nitrogen and oxygen atoms in total. The molecule has 2 fully saturated rings. The highest BCUT2D eigenvalue weighted by Gasteiger charge is 2.30. The molecule has 2 heterocycles. The Hall–Kier alpha value is -1.60. The van der Waals surface area contributed by atoms with Crippen molar-refractivity contribution in [3.8, 4) is 0 Å². The van der Waals surface area contributed by atoms with E-state index in [0.717, 1.165) is 22.7 Å². The van der Waals surface area contributed by atoms with Crippen LogP contribution >= 0.6 is 0 Å². The van der Waals surface area contributed by atoms with E-state index >= 15 is 0 Å². The second-order valence-electron chi connectivity index (χ2n) is 7.07. The number of hydrogen-bond donors (Lipinski definition) is 1. The maximum Gasteiger partial charge on any atom is 0.251 e. The number of nitrogens with zero attached hydrogens (tertiary/aromatic N) is 2. The fourth-order valence-electron chi connectivity index (χ4n) is 3.37. The van der Waals surface area contributed by atoms with Gasteiger partial charge in [0.2, 0.25) is 20.0 Å². The Morgan fingerprint density at radius 1 is 1.07 bits per heavy atom. The second kappa shape index (κ2) is 8.64. The third-order valence-electron chi connectivity index (χ3n) is 5.04. The van der Waals surface area contributed by atoms with E-state index in [2.05, 4.69) is 5.32 Å². The lowest BCUT2D eigenvalue weighted by atomic mass is 10.1. The molecule has 0 bridgehead atoms. The summed E-state index contributed by atoms with van der Waals surface area (Å²) in [5, 5.41) is 2.77. The van der Waals surface area contributed by atoms with Gasteiger partial charge in [-0.1, -0.05) is 0 Å². The Labute approximate surface area is 169 Å². The van der Waals surface area contributed by atoms with Crippen molar-refractivity contribution < 1.29 is 30.8 Å². The number of amides is 1. The van der Waals surface area contributed by atoms with Crippen LogP contribution in [0.25, 0.3) is 0 Å². The van der Waals surface area contributed by atoms with Gasteiger partial charge in [-0.15, -0.1) is 0 Å². The lowest BCUT2D eigenvalue weighted by Gasteiger charge is -2.30. The smallest absolute Gasteiger partial charge is 0.251 e. The van der Waals surface area contributed by atoms with Gasteiger partial charge in [0.1, 0.15) is 10.7 Å². The summed E-state index contributed by atoms with van der Waals surface area (Å²) < 4.78 is 70.5. The van der Waals surface area contributed by atoms with Gasteiger partial charge < -0.3 is 10.1 Å². The molecule has 162 valence electrons. The van der Waals surface area contributed by atoms with E-state index in [1.165, 1.54) is 10.4 Å². The van der Waals surface area contributed by atoms with Crippen LogP contribution in [0.2, 0.25) is 0 Å². The van der Waals surface area contributed by atoms with Crippen LogP contribution in [-0.2, 0) is 24.8 Å². The fourth-order valence-corrected chi connectivity index (χ4v) is 5.74. The summed E-state index contributed by atoms with van der Waals surface area (Å²) in [4.78, 5) is 12.0. The third kappa shape index (κ3) is 5.12. The first-order chi connectivity index (χ1) is 13.6. The van der Waals surface area contributed by atoms with Gasteiger partial charge in [0.25, 0.3) is 5.91 Å². The number of hydrogen-bond acceptors (Lipinski definition) is 6. The van der Waals surface area contributed by atoms with Crippen LogP contribution in [0.5, 0.6) is 0 Å². The predicted molar refractivity (Wildman–Crippen MR) is 103 cm³/mol. The average Bonchev–Trinajstić information content (AvgIpc) is 2.68. The molecule has 2 aliphatic heterocycles. The van der Waals surface area contributed by atoms with E-state index < -0.39 is 36.7 Å². The average molecular weight is 450 g/mol. The molecule has 1 N–H and O–H groups in total. The molecular formula is C17H24FN3O6S2. The quantitative estimate of drug-likeness (QED) is 0.677. The molecule has 2 aliphatic rings. The first-order valence-electron chi connectivity index (χ1n) is 9.22. The number of ether oxygens (including phenoxy) is 1. The van der Waals surface area contributed by atoms with Crippen molar-refractivity contribution in [3.05, 3.63) is 29.6 Å². The van der Waals surface area contributed by atoms with Crippen molar-refractivity contribution in [2.75, 3.05) is 45.6 Å². The lowest BCUT2D eigenvalue weighted by molar-refractivity contribution is 0.0729. The number of sulfonamides is 2.